The van der Waals surface area contributed by atoms with E-state index in [0.717, 1.165) is 0 Å². The van der Waals surface area contributed by atoms with E-state index in [4.69, 9.17) is 14.2 Å². The highest BCUT2D eigenvalue weighted by Gasteiger charge is 2.40. The van der Waals surface area contributed by atoms with Crippen LogP contribution in [0.25, 0.3) is 0 Å². The molecule has 0 aliphatic carbocycles. The Balaban J connectivity index is 5.12. The van der Waals surface area contributed by atoms with Crippen LogP contribution in [0.15, 0.2) is 0 Å². The molecule has 0 aliphatic heterocycles. The third-order valence-corrected chi connectivity index (χ3v) is 4.04. The van der Waals surface area contributed by atoms with Crippen molar-refractivity contribution < 1.29 is 33.4 Å². The molecule has 0 fully saturated rings. The number of carbonyl (C=O) groups excluding carboxylic acids is 4. The van der Waals surface area contributed by atoms with Crippen molar-refractivity contribution in [1.82, 2.24) is 5.32 Å². The average molecular weight is 416 g/mol. The van der Waals surface area contributed by atoms with Crippen LogP contribution in [0, 0.1) is 5.41 Å². The van der Waals surface area contributed by atoms with Gasteiger partial charge < -0.3 is 19.5 Å². The maximum Gasteiger partial charge on any atom is 0.307 e. The minimum atomic E-state index is -1.16. The van der Waals surface area contributed by atoms with E-state index < -0.39 is 35.4 Å². The third-order valence-electron chi connectivity index (χ3n) is 4.04. The van der Waals surface area contributed by atoms with Crippen LogP contribution in [-0.2, 0) is 33.4 Å². The van der Waals surface area contributed by atoms with E-state index >= 15 is 0 Å². The fourth-order valence-electron chi connectivity index (χ4n) is 2.48. The van der Waals surface area contributed by atoms with E-state index in [9.17, 15) is 19.2 Å². The highest BCUT2D eigenvalue weighted by atomic mass is 16.6. The van der Waals surface area contributed by atoms with Crippen LogP contribution in [0.3, 0.4) is 0 Å². The summed E-state index contributed by atoms with van der Waals surface area (Å²) < 4.78 is 15.7. The van der Waals surface area contributed by atoms with Crippen LogP contribution in [0.2, 0.25) is 0 Å². The second-order valence-corrected chi connectivity index (χ2v) is 7.85. The number of hydrogen-bond donors (Lipinski definition) is 1. The summed E-state index contributed by atoms with van der Waals surface area (Å²) in [7, 11) is 0. The first-order valence-electron chi connectivity index (χ1n) is 10.4. The SMILES string of the molecule is CCCOC(=O)CC(C)NC(=O)[C@H](OC(=O)CCC)C(C)(C)COC(=O)CCC. The summed E-state index contributed by atoms with van der Waals surface area (Å²) in [6, 6.07) is -0.502. The molecule has 0 bridgehead atoms. The molecule has 29 heavy (non-hydrogen) atoms. The molecule has 1 amide bonds. The van der Waals surface area contributed by atoms with Gasteiger partial charge in [-0.2, -0.15) is 0 Å². The van der Waals surface area contributed by atoms with Gasteiger partial charge in [0.2, 0.25) is 0 Å². The van der Waals surface area contributed by atoms with Gasteiger partial charge in [0.15, 0.2) is 6.10 Å². The van der Waals surface area contributed by atoms with Gasteiger partial charge in [-0.15, -0.1) is 0 Å². The summed E-state index contributed by atoms with van der Waals surface area (Å²) in [4.78, 5) is 48.3. The molecule has 0 radical (unpaired) electrons. The van der Waals surface area contributed by atoms with Gasteiger partial charge in [-0.1, -0.05) is 34.6 Å². The fraction of sp³-hybridized carbons (Fsp3) is 0.810. The summed E-state index contributed by atoms with van der Waals surface area (Å²) in [6.45, 7) is 10.9. The highest BCUT2D eigenvalue weighted by Crippen LogP contribution is 2.25. The van der Waals surface area contributed by atoms with Gasteiger partial charge in [-0.25, -0.2) is 0 Å². The second kappa shape index (κ2) is 14.0. The molecular weight excluding hydrogens is 378 g/mol. The zero-order valence-electron chi connectivity index (χ0n) is 18.7. The van der Waals surface area contributed by atoms with Crippen molar-refractivity contribution in [1.29, 1.82) is 0 Å². The van der Waals surface area contributed by atoms with Crippen molar-refractivity contribution in [2.75, 3.05) is 13.2 Å². The van der Waals surface area contributed by atoms with Crippen LogP contribution in [-0.4, -0.2) is 49.2 Å². The molecule has 8 nitrogen and oxygen atoms in total. The Morgan fingerprint density at radius 3 is 2.00 bits per heavy atom. The summed E-state index contributed by atoms with van der Waals surface area (Å²) in [6.07, 6.45) is 1.25. The van der Waals surface area contributed by atoms with Crippen LogP contribution in [0.4, 0.5) is 0 Å². The molecule has 0 heterocycles. The van der Waals surface area contributed by atoms with E-state index in [1.807, 2.05) is 20.8 Å². The summed E-state index contributed by atoms with van der Waals surface area (Å²) >= 11 is 0. The molecule has 2 atom stereocenters. The zero-order chi connectivity index (χ0) is 22.4. The summed E-state index contributed by atoms with van der Waals surface area (Å²) in [5.74, 6) is -1.82. The van der Waals surface area contributed by atoms with Gasteiger partial charge in [0.1, 0.15) is 6.61 Å². The van der Waals surface area contributed by atoms with Gasteiger partial charge in [-0.05, 0) is 26.2 Å². The molecule has 0 aromatic heterocycles. The van der Waals surface area contributed by atoms with Crippen molar-refractivity contribution >= 4 is 23.8 Å². The number of amides is 1. The van der Waals surface area contributed by atoms with Crippen LogP contribution < -0.4 is 5.32 Å². The summed E-state index contributed by atoms with van der Waals surface area (Å²) in [5, 5.41) is 2.70. The lowest BCUT2D eigenvalue weighted by Gasteiger charge is -2.33. The Morgan fingerprint density at radius 2 is 1.45 bits per heavy atom. The lowest BCUT2D eigenvalue weighted by atomic mass is 9.86. The van der Waals surface area contributed by atoms with Gasteiger partial charge in [-0.3, -0.25) is 19.2 Å². The van der Waals surface area contributed by atoms with Gasteiger partial charge in [0.05, 0.1) is 13.0 Å². The third kappa shape index (κ3) is 11.5. The maximum absolute atomic E-state index is 12.8. The van der Waals surface area contributed by atoms with Gasteiger partial charge in [0.25, 0.3) is 5.91 Å². The molecule has 0 saturated carbocycles. The van der Waals surface area contributed by atoms with Crippen molar-refractivity contribution in [3.05, 3.63) is 0 Å². The Hall–Kier alpha value is -2.12. The molecule has 0 aromatic rings. The monoisotopic (exact) mass is 415 g/mol. The standard InChI is InChI=1S/C21H37NO7/c1-7-10-16(23)28-14-21(5,6)19(29-17(24)11-8-2)20(26)22-15(4)13-18(25)27-12-9-3/h15,19H,7-14H2,1-6H3,(H,22,26)/t15?,19-/m0/s1. The molecule has 168 valence electrons. The second-order valence-electron chi connectivity index (χ2n) is 7.85. The smallest absolute Gasteiger partial charge is 0.307 e. The molecule has 8 heteroatoms. The number of ether oxygens (including phenoxy) is 3. The maximum atomic E-state index is 12.8. The Kier molecular flexibility index (Phi) is 12.9. The largest absolute Gasteiger partial charge is 0.466 e. The van der Waals surface area contributed by atoms with Crippen LogP contribution in [0.5, 0.6) is 0 Å². The first-order valence-corrected chi connectivity index (χ1v) is 10.4. The molecular formula is C21H37NO7. The number of carbonyl (C=O) groups is 4. The molecule has 0 aromatic carbocycles. The minimum Gasteiger partial charge on any atom is -0.466 e. The fourth-order valence-corrected chi connectivity index (χ4v) is 2.48. The van der Waals surface area contributed by atoms with Crippen molar-refractivity contribution in [3.8, 4) is 0 Å². The quantitative estimate of drug-likeness (QED) is 0.343. The molecule has 0 rings (SSSR count). The first kappa shape index (κ1) is 26.9. The first-order chi connectivity index (χ1) is 13.6. The number of nitrogens with one attached hydrogen (secondary N) is 1. The van der Waals surface area contributed by atoms with Crippen molar-refractivity contribution in [2.24, 2.45) is 5.41 Å². The Labute approximate surface area is 174 Å². The van der Waals surface area contributed by atoms with E-state index in [-0.39, 0.29) is 31.8 Å². The van der Waals surface area contributed by atoms with Gasteiger partial charge in [0, 0.05) is 24.3 Å². The van der Waals surface area contributed by atoms with Crippen LogP contribution >= 0.6 is 0 Å². The number of esters is 3. The lowest BCUT2D eigenvalue weighted by Crippen LogP contribution is -2.51. The molecule has 1 N–H and O–H groups in total. The summed E-state index contributed by atoms with van der Waals surface area (Å²) in [5.41, 5.74) is -0.945. The van der Waals surface area contributed by atoms with Crippen molar-refractivity contribution in [2.45, 2.75) is 92.2 Å². The van der Waals surface area contributed by atoms with Gasteiger partial charge >= 0.3 is 17.9 Å². The molecule has 0 saturated heterocycles. The lowest BCUT2D eigenvalue weighted by molar-refractivity contribution is -0.169. The highest BCUT2D eigenvalue weighted by molar-refractivity contribution is 5.85. The predicted octanol–water partition coefficient (Wildman–Crippen LogP) is 2.92. The van der Waals surface area contributed by atoms with E-state index in [0.29, 0.717) is 25.9 Å². The molecule has 1 unspecified atom stereocenters. The Morgan fingerprint density at radius 1 is 0.862 bits per heavy atom. The molecule has 0 spiro atoms. The predicted molar refractivity (Wildman–Crippen MR) is 108 cm³/mol. The topological polar surface area (TPSA) is 108 Å². The number of hydrogen-bond acceptors (Lipinski definition) is 7. The minimum absolute atomic E-state index is 0.00722. The van der Waals surface area contributed by atoms with Crippen LogP contribution in [0.1, 0.15) is 80.1 Å². The zero-order valence-corrected chi connectivity index (χ0v) is 18.7. The van der Waals surface area contributed by atoms with Crippen molar-refractivity contribution in [3.63, 3.8) is 0 Å². The average Bonchev–Trinajstić information content (AvgIpc) is 2.63. The van der Waals surface area contributed by atoms with E-state index in [1.54, 1.807) is 20.8 Å². The number of rotatable bonds is 14. The molecule has 0 aliphatic rings. The normalized spacial score (nSPS) is 13.2. The Bertz CT molecular complexity index is 545. The van der Waals surface area contributed by atoms with E-state index in [1.165, 1.54) is 0 Å². The van der Waals surface area contributed by atoms with E-state index in [2.05, 4.69) is 5.32 Å².